The van der Waals surface area contributed by atoms with Crippen LogP contribution in [-0.2, 0) is 6.42 Å². The van der Waals surface area contributed by atoms with Gasteiger partial charge in [0.1, 0.15) is 5.82 Å². The number of benzene rings is 2. The van der Waals surface area contributed by atoms with E-state index in [2.05, 4.69) is 10.3 Å². The lowest BCUT2D eigenvalue weighted by molar-refractivity contribution is 0.555. The number of anilines is 1. The number of oxazole rings is 1. The Morgan fingerprint density at radius 1 is 1.29 bits per heavy atom. The minimum Gasteiger partial charge on any atom is -0.408 e. The van der Waals surface area contributed by atoms with E-state index in [0.717, 1.165) is 11.3 Å². The monoisotopic (exact) mass is 286 g/mol. The van der Waals surface area contributed by atoms with E-state index in [4.69, 9.17) is 4.42 Å². The van der Waals surface area contributed by atoms with Gasteiger partial charge >= 0.3 is 5.76 Å². The minimum atomic E-state index is -0.463. The van der Waals surface area contributed by atoms with E-state index in [9.17, 15) is 9.18 Å². The average molecular weight is 286 g/mol. The van der Waals surface area contributed by atoms with Gasteiger partial charge in [0, 0.05) is 11.7 Å². The number of aromatic amines is 1. The lowest BCUT2D eigenvalue weighted by Gasteiger charge is -2.15. The van der Waals surface area contributed by atoms with Crippen LogP contribution in [0.3, 0.4) is 0 Å². The number of hydrogen-bond donors (Lipinski definition) is 2. The summed E-state index contributed by atoms with van der Waals surface area (Å²) in [6.45, 7) is 2.02. The molecule has 3 rings (SSSR count). The molecule has 3 aromatic rings. The van der Waals surface area contributed by atoms with Crippen LogP contribution in [0.15, 0.2) is 51.7 Å². The van der Waals surface area contributed by atoms with Gasteiger partial charge in [0.05, 0.1) is 5.52 Å². The standard InChI is InChI=1S/C16H15FN2O2/c1-10(7-11-3-2-4-12(17)8-11)18-13-5-6-15-14(9-13)19-16(20)21-15/h2-6,8-10,18H,7H2,1H3,(H,19,20). The summed E-state index contributed by atoms with van der Waals surface area (Å²) in [5.41, 5.74) is 3.00. The van der Waals surface area contributed by atoms with Crippen molar-refractivity contribution in [3.05, 3.63) is 64.4 Å². The van der Waals surface area contributed by atoms with Crippen molar-refractivity contribution in [2.24, 2.45) is 0 Å². The van der Waals surface area contributed by atoms with Gasteiger partial charge in [0.15, 0.2) is 5.58 Å². The third-order valence-corrected chi connectivity index (χ3v) is 3.26. The lowest BCUT2D eigenvalue weighted by atomic mass is 10.1. The van der Waals surface area contributed by atoms with Crippen LogP contribution in [0.4, 0.5) is 10.1 Å². The molecule has 0 aliphatic rings. The van der Waals surface area contributed by atoms with Crippen molar-refractivity contribution < 1.29 is 8.81 Å². The maximum Gasteiger partial charge on any atom is 0.417 e. The third-order valence-electron chi connectivity index (χ3n) is 3.26. The van der Waals surface area contributed by atoms with Gasteiger partial charge in [-0.2, -0.15) is 0 Å². The maximum atomic E-state index is 13.2. The van der Waals surface area contributed by atoms with Crippen molar-refractivity contribution in [2.45, 2.75) is 19.4 Å². The molecule has 1 unspecified atom stereocenters. The molecule has 0 bridgehead atoms. The summed E-state index contributed by atoms with van der Waals surface area (Å²) in [5, 5.41) is 3.33. The largest absolute Gasteiger partial charge is 0.417 e. The molecular formula is C16H15FN2O2. The van der Waals surface area contributed by atoms with Gasteiger partial charge in [-0.3, -0.25) is 4.98 Å². The van der Waals surface area contributed by atoms with Crippen LogP contribution in [0.5, 0.6) is 0 Å². The molecule has 2 N–H and O–H groups in total. The van der Waals surface area contributed by atoms with Gasteiger partial charge in [-0.1, -0.05) is 12.1 Å². The Bertz CT molecular complexity index is 822. The summed E-state index contributed by atoms with van der Waals surface area (Å²) in [7, 11) is 0. The zero-order valence-electron chi connectivity index (χ0n) is 11.5. The van der Waals surface area contributed by atoms with E-state index in [1.54, 1.807) is 12.1 Å². The Hall–Kier alpha value is -2.56. The van der Waals surface area contributed by atoms with Crippen LogP contribution in [0.25, 0.3) is 11.1 Å². The highest BCUT2D eigenvalue weighted by Gasteiger charge is 2.07. The average Bonchev–Trinajstić information content (AvgIpc) is 2.78. The van der Waals surface area contributed by atoms with Gasteiger partial charge in [-0.25, -0.2) is 9.18 Å². The molecule has 0 amide bonds. The summed E-state index contributed by atoms with van der Waals surface area (Å²) in [6, 6.07) is 12.1. The Balaban J connectivity index is 1.73. The van der Waals surface area contributed by atoms with E-state index in [-0.39, 0.29) is 11.9 Å². The van der Waals surface area contributed by atoms with Gasteiger partial charge in [0.2, 0.25) is 0 Å². The highest BCUT2D eigenvalue weighted by atomic mass is 19.1. The maximum absolute atomic E-state index is 13.2. The van der Waals surface area contributed by atoms with Gasteiger partial charge in [0.25, 0.3) is 0 Å². The van der Waals surface area contributed by atoms with Crippen LogP contribution in [0.2, 0.25) is 0 Å². The predicted molar refractivity (Wildman–Crippen MR) is 80.0 cm³/mol. The molecule has 1 aromatic heterocycles. The Morgan fingerprint density at radius 3 is 2.95 bits per heavy atom. The Morgan fingerprint density at radius 2 is 2.14 bits per heavy atom. The zero-order chi connectivity index (χ0) is 14.8. The van der Waals surface area contributed by atoms with Crippen molar-refractivity contribution in [1.29, 1.82) is 0 Å². The van der Waals surface area contributed by atoms with Crippen molar-refractivity contribution in [3.63, 3.8) is 0 Å². The normalized spacial score (nSPS) is 12.5. The second kappa shape index (κ2) is 5.44. The number of fused-ring (bicyclic) bond motifs is 1. The predicted octanol–water partition coefficient (Wildman–Crippen LogP) is 3.30. The van der Waals surface area contributed by atoms with E-state index >= 15 is 0 Å². The SMILES string of the molecule is CC(Cc1cccc(F)c1)Nc1ccc2oc(=O)[nH]c2c1. The molecule has 0 saturated carbocycles. The number of halogens is 1. The second-order valence-electron chi connectivity index (χ2n) is 5.10. The van der Waals surface area contributed by atoms with E-state index in [0.29, 0.717) is 17.5 Å². The number of hydrogen-bond acceptors (Lipinski definition) is 3. The van der Waals surface area contributed by atoms with Gasteiger partial charge in [-0.05, 0) is 49.2 Å². The van der Waals surface area contributed by atoms with Gasteiger partial charge < -0.3 is 9.73 Å². The molecule has 2 aromatic carbocycles. The molecule has 21 heavy (non-hydrogen) atoms. The fourth-order valence-electron chi connectivity index (χ4n) is 2.39. The molecule has 0 fully saturated rings. The molecule has 0 saturated heterocycles. The van der Waals surface area contributed by atoms with E-state index in [1.165, 1.54) is 12.1 Å². The fourth-order valence-corrected chi connectivity index (χ4v) is 2.39. The second-order valence-corrected chi connectivity index (χ2v) is 5.10. The number of rotatable bonds is 4. The first-order valence-electron chi connectivity index (χ1n) is 6.74. The smallest absolute Gasteiger partial charge is 0.408 e. The summed E-state index contributed by atoms with van der Waals surface area (Å²) in [6.07, 6.45) is 0.706. The molecule has 5 heteroatoms. The Kier molecular flexibility index (Phi) is 3.48. The van der Waals surface area contributed by atoms with Gasteiger partial charge in [-0.15, -0.1) is 0 Å². The van der Waals surface area contributed by atoms with Crippen LogP contribution >= 0.6 is 0 Å². The molecule has 1 atom stereocenters. The van der Waals surface area contributed by atoms with E-state index < -0.39 is 5.76 Å². The summed E-state index contributed by atoms with van der Waals surface area (Å²) < 4.78 is 18.1. The number of H-pyrrole nitrogens is 1. The van der Waals surface area contributed by atoms with Crippen molar-refractivity contribution in [2.75, 3.05) is 5.32 Å². The first-order chi connectivity index (χ1) is 10.1. The van der Waals surface area contributed by atoms with Crippen molar-refractivity contribution in [3.8, 4) is 0 Å². The van der Waals surface area contributed by atoms with Crippen LogP contribution in [0.1, 0.15) is 12.5 Å². The Labute approximate surface area is 120 Å². The quantitative estimate of drug-likeness (QED) is 0.773. The summed E-state index contributed by atoms with van der Waals surface area (Å²) in [4.78, 5) is 13.7. The summed E-state index contributed by atoms with van der Waals surface area (Å²) >= 11 is 0. The minimum absolute atomic E-state index is 0.128. The highest BCUT2D eigenvalue weighted by Crippen LogP contribution is 2.18. The molecule has 0 aliphatic heterocycles. The van der Waals surface area contributed by atoms with Crippen molar-refractivity contribution in [1.82, 2.24) is 4.98 Å². The van der Waals surface area contributed by atoms with Crippen LogP contribution < -0.4 is 11.1 Å². The number of aromatic nitrogens is 1. The molecule has 0 spiro atoms. The number of nitrogens with one attached hydrogen (secondary N) is 2. The highest BCUT2D eigenvalue weighted by molar-refractivity contribution is 5.76. The lowest BCUT2D eigenvalue weighted by Crippen LogP contribution is -2.18. The topological polar surface area (TPSA) is 58.0 Å². The molecular weight excluding hydrogens is 271 g/mol. The van der Waals surface area contributed by atoms with E-state index in [1.807, 2.05) is 25.1 Å². The zero-order valence-corrected chi connectivity index (χ0v) is 11.5. The fraction of sp³-hybridized carbons (Fsp3) is 0.188. The van der Waals surface area contributed by atoms with Crippen LogP contribution in [-0.4, -0.2) is 11.0 Å². The van der Waals surface area contributed by atoms with Crippen LogP contribution in [0, 0.1) is 5.82 Å². The molecule has 0 radical (unpaired) electrons. The molecule has 1 heterocycles. The molecule has 0 aliphatic carbocycles. The molecule has 108 valence electrons. The first-order valence-corrected chi connectivity index (χ1v) is 6.74. The summed E-state index contributed by atoms with van der Waals surface area (Å²) in [5.74, 6) is -0.688. The molecule has 4 nitrogen and oxygen atoms in total. The van der Waals surface area contributed by atoms with Crippen molar-refractivity contribution >= 4 is 16.8 Å². The third kappa shape index (κ3) is 3.13. The first kappa shape index (κ1) is 13.4.